The Bertz CT molecular complexity index is 355. The van der Waals surface area contributed by atoms with Gasteiger partial charge in [0.2, 0.25) is 0 Å². The number of rotatable bonds is 8. The number of hydrogen-bond donors (Lipinski definition) is 1. The summed E-state index contributed by atoms with van der Waals surface area (Å²) in [6.07, 6.45) is 2.51. The number of ether oxygens (including phenoxy) is 1. The molecule has 0 saturated carbocycles. The van der Waals surface area contributed by atoms with Crippen LogP contribution in [0.25, 0.3) is 0 Å². The maximum absolute atomic E-state index is 5.07. The number of hydrogen-bond acceptors (Lipinski definition) is 2. The maximum Gasteiger partial charge on any atom is 0.0885 e. The van der Waals surface area contributed by atoms with E-state index in [0.29, 0.717) is 0 Å². The summed E-state index contributed by atoms with van der Waals surface area (Å²) < 4.78 is 7.41. The highest BCUT2D eigenvalue weighted by Crippen LogP contribution is 2.14. The predicted octanol–water partition coefficient (Wildman–Crippen LogP) is 2.76. The lowest BCUT2D eigenvalue weighted by Gasteiger charge is -2.07. The fraction of sp³-hybridized carbons (Fsp3) is 0.571. The van der Waals surface area contributed by atoms with Crippen LogP contribution in [0.1, 0.15) is 30.3 Å². The molecule has 0 bridgehead atoms. The first-order chi connectivity index (χ1) is 8.20. The van der Waals surface area contributed by atoms with Gasteiger partial charge in [0, 0.05) is 24.5 Å². The minimum atomic E-state index is 0.741. The monoisotopic (exact) mass is 236 g/mol. The molecule has 96 valence electrons. The average molecular weight is 236 g/mol. The van der Waals surface area contributed by atoms with E-state index in [9.17, 15) is 0 Å². The van der Waals surface area contributed by atoms with Gasteiger partial charge in [0.25, 0.3) is 0 Å². The molecular weight excluding hydrogens is 212 g/mol. The zero-order chi connectivity index (χ0) is 12.7. The summed E-state index contributed by atoms with van der Waals surface area (Å²) in [4.78, 5) is 0. The molecule has 0 spiro atoms. The number of aromatic nitrogens is 1. The van der Waals surface area contributed by atoms with Crippen LogP contribution in [0, 0.1) is 13.8 Å². The molecule has 17 heavy (non-hydrogen) atoms. The topological polar surface area (TPSA) is 26.2 Å². The van der Waals surface area contributed by atoms with Crippen LogP contribution in [0.4, 0.5) is 0 Å². The fourth-order valence-electron chi connectivity index (χ4n) is 2.12. The van der Waals surface area contributed by atoms with Crippen LogP contribution in [-0.2, 0) is 17.8 Å². The Kier molecular flexibility index (Phi) is 5.84. The molecule has 1 heterocycles. The molecule has 3 nitrogen and oxygen atoms in total. The summed E-state index contributed by atoms with van der Waals surface area (Å²) in [6.45, 7) is 13.8. The molecule has 0 aliphatic rings. The third-order valence-electron chi connectivity index (χ3n) is 3.04. The Morgan fingerprint density at radius 3 is 2.82 bits per heavy atom. The quantitative estimate of drug-likeness (QED) is 0.555. The van der Waals surface area contributed by atoms with Gasteiger partial charge in [-0.25, -0.2) is 0 Å². The second kappa shape index (κ2) is 7.17. The smallest absolute Gasteiger partial charge is 0.0885 e. The van der Waals surface area contributed by atoms with Crippen molar-refractivity contribution in [3.63, 3.8) is 0 Å². The van der Waals surface area contributed by atoms with Crippen LogP contribution in [0.2, 0.25) is 0 Å². The summed E-state index contributed by atoms with van der Waals surface area (Å²) in [5.41, 5.74) is 4.12. The van der Waals surface area contributed by atoms with Gasteiger partial charge in [0.05, 0.1) is 12.9 Å². The van der Waals surface area contributed by atoms with Gasteiger partial charge in [-0.1, -0.05) is 6.58 Å². The van der Waals surface area contributed by atoms with Gasteiger partial charge in [0.15, 0.2) is 0 Å². The lowest BCUT2D eigenvalue weighted by Crippen LogP contribution is -2.16. The standard InChI is InChI=1S/C14H24N2O/c1-5-16-12(3)10-14(13(16)4)11-15-8-7-9-17-6-2/h6,10,15H,2,5,7-9,11H2,1,3-4H3. The summed E-state index contributed by atoms with van der Waals surface area (Å²) in [6, 6.07) is 2.27. The molecular formula is C14H24N2O. The van der Waals surface area contributed by atoms with Gasteiger partial charge < -0.3 is 14.6 Å². The lowest BCUT2D eigenvalue weighted by molar-refractivity contribution is 0.244. The molecule has 0 saturated heterocycles. The van der Waals surface area contributed by atoms with Crippen LogP contribution in [0.5, 0.6) is 0 Å². The minimum absolute atomic E-state index is 0.741. The SMILES string of the molecule is C=COCCCNCc1cc(C)n(CC)c1C. The zero-order valence-corrected chi connectivity index (χ0v) is 11.3. The molecule has 0 radical (unpaired) electrons. The lowest BCUT2D eigenvalue weighted by atomic mass is 10.2. The molecule has 0 fully saturated rings. The van der Waals surface area contributed by atoms with Crippen molar-refractivity contribution in [1.29, 1.82) is 0 Å². The van der Waals surface area contributed by atoms with Crippen LogP contribution in [0.15, 0.2) is 18.9 Å². The first kappa shape index (κ1) is 13.8. The predicted molar refractivity (Wildman–Crippen MR) is 72.1 cm³/mol. The van der Waals surface area contributed by atoms with Crippen molar-refractivity contribution in [2.24, 2.45) is 0 Å². The Morgan fingerprint density at radius 2 is 2.24 bits per heavy atom. The van der Waals surface area contributed by atoms with Gasteiger partial charge >= 0.3 is 0 Å². The number of nitrogens with one attached hydrogen (secondary N) is 1. The Hall–Kier alpha value is -1.22. The molecule has 0 aliphatic carbocycles. The molecule has 0 amide bonds. The Labute approximate surface area is 104 Å². The fourth-order valence-corrected chi connectivity index (χ4v) is 2.12. The van der Waals surface area contributed by atoms with Crippen LogP contribution >= 0.6 is 0 Å². The van der Waals surface area contributed by atoms with Gasteiger partial charge in [-0.3, -0.25) is 0 Å². The van der Waals surface area contributed by atoms with E-state index in [-0.39, 0.29) is 0 Å². The first-order valence-corrected chi connectivity index (χ1v) is 6.29. The molecule has 1 aromatic rings. The van der Waals surface area contributed by atoms with Crippen LogP contribution in [-0.4, -0.2) is 17.7 Å². The summed E-state index contributed by atoms with van der Waals surface area (Å²) in [5.74, 6) is 0. The molecule has 1 N–H and O–H groups in total. The van der Waals surface area contributed by atoms with Crippen molar-refractivity contribution in [3.8, 4) is 0 Å². The molecule has 0 atom stereocenters. The van der Waals surface area contributed by atoms with Gasteiger partial charge in [-0.05, 0) is 45.4 Å². The molecule has 0 aromatic carbocycles. The second-order valence-electron chi connectivity index (χ2n) is 4.21. The van der Waals surface area contributed by atoms with Crippen LogP contribution in [0.3, 0.4) is 0 Å². The highest BCUT2D eigenvalue weighted by Gasteiger charge is 2.06. The summed E-state index contributed by atoms with van der Waals surface area (Å²) >= 11 is 0. The van der Waals surface area contributed by atoms with E-state index < -0.39 is 0 Å². The average Bonchev–Trinajstić information content (AvgIpc) is 2.58. The van der Waals surface area contributed by atoms with E-state index in [0.717, 1.165) is 32.7 Å². The summed E-state index contributed by atoms with van der Waals surface area (Å²) in [5, 5.41) is 3.44. The van der Waals surface area contributed by atoms with Crippen molar-refractivity contribution in [2.45, 2.75) is 40.3 Å². The molecule has 1 rings (SSSR count). The number of aryl methyl sites for hydroxylation is 1. The number of nitrogens with zero attached hydrogens (tertiary/aromatic N) is 1. The zero-order valence-electron chi connectivity index (χ0n) is 11.3. The second-order valence-corrected chi connectivity index (χ2v) is 4.21. The first-order valence-electron chi connectivity index (χ1n) is 6.29. The van der Waals surface area contributed by atoms with Crippen molar-refractivity contribution >= 4 is 0 Å². The Balaban J connectivity index is 2.34. The van der Waals surface area contributed by atoms with E-state index in [2.05, 4.69) is 43.3 Å². The van der Waals surface area contributed by atoms with Crippen molar-refractivity contribution in [3.05, 3.63) is 35.9 Å². The van der Waals surface area contributed by atoms with E-state index in [1.165, 1.54) is 23.2 Å². The molecule has 0 unspecified atom stereocenters. The van der Waals surface area contributed by atoms with Crippen molar-refractivity contribution in [2.75, 3.05) is 13.2 Å². The van der Waals surface area contributed by atoms with Crippen molar-refractivity contribution < 1.29 is 4.74 Å². The Morgan fingerprint density at radius 1 is 1.47 bits per heavy atom. The third kappa shape index (κ3) is 3.93. The molecule has 3 heteroatoms. The highest BCUT2D eigenvalue weighted by atomic mass is 16.5. The molecule has 0 aliphatic heterocycles. The van der Waals surface area contributed by atoms with Crippen molar-refractivity contribution in [1.82, 2.24) is 9.88 Å². The van der Waals surface area contributed by atoms with E-state index in [4.69, 9.17) is 4.74 Å². The van der Waals surface area contributed by atoms with E-state index in [1.54, 1.807) is 0 Å². The van der Waals surface area contributed by atoms with E-state index >= 15 is 0 Å². The largest absolute Gasteiger partial charge is 0.502 e. The van der Waals surface area contributed by atoms with Gasteiger partial charge in [0.1, 0.15) is 0 Å². The van der Waals surface area contributed by atoms with E-state index in [1.807, 2.05) is 0 Å². The van der Waals surface area contributed by atoms with Crippen LogP contribution < -0.4 is 5.32 Å². The maximum atomic E-state index is 5.07. The summed E-state index contributed by atoms with van der Waals surface area (Å²) in [7, 11) is 0. The normalized spacial score (nSPS) is 10.5. The third-order valence-corrected chi connectivity index (χ3v) is 3.04. The minimum Gasteiger partial charge on any atom is -0.502 e. The van der Waals surface area contributed by atoms with Gasteiger partial charge in [-0.15, -0.1) is 0 Å². The molecule has 1 aromatic heterocycles. The highest BCUT2D eigenvalue weighted by molar-refractivity contribution is 5.26. The van der Waals surface area contributed by atoms with Gasteiger partial charge in [-0.2, -0.15) is 0 Å².